The molecule has 0 radical (unpaired) electrons. The molecule has 0 unspecified atom stereocenters. The highest BCUT2D eigenvalue weighted by atomic mass is 32.2. The number of fused-ring (bicyclic) bond motifs is 3. The van der Waals surface area contributed by atoms with Gasteiger partial charge in [-0.1, -0.05) is 43.2 Å². The Labute approximate surface area is 318 Å². The molecule has 4 heterocycles. The highest BCUT2D eigenvalue weighted by molar-refractivity contribution is 7.91. The second kappa shape index (κ2) is 14.9. The number of carbonyl (C=O) groups is 4. The number of nitrogens with one attached hydrogen (secondary N) is 3. The van der Waals surface area contributed by atoms with Gasteiger partial charge in [-0.15, -0.1) is 11.3 Å². The minimum absolute atomic E-state index is 0.0274. The Morgan fingerprint density at radius 3 is 2.48 bits per heavy atom. The summed E-state index contributed by atoms with van der Waals surface area (Å²) in [7, 11) is -3.89. The topological polar surface area (TPSA) is 186 Å². The Hall–Kier alpha value is -4.57. The predicted molar refractivity (Wildman–Crippen MR) is 202 cm³/mol. The van der Waals surface area contributed by atoms with Gasteiger partial charge in [0.05, 0.1) is 27.7 Å². The molecule has 16 heteroatoms. The highest BCUT2D eigenvalue weighted by Gasteiger charge is 2.62. The van der Waals surface area contributed by atoms with Crippen LogP contribution in [0.2, 0.25) is 0 Å². The molecule has 1 aromatic carbocycles. The van der Waals surface area contributed by atoms with Crippen LogP contribution >= 0.6 is 11.3 Å². The van der Waals surface area contributed by atoms with E-state index in [2.05, 4.69) is 15.4 Å². The van der Waals surface area contributed by atoms with Crippen molar-refractivity contribution in [1.29, 1.82) is 0 Å². The predicted octanol–water partition coefficient (Wildman–Crippen LogP) is 4.60. The number of ether oxygens (including phenoxy) is 2. The van der Waals surface area contributed by atoms with Crippen LogP contribution in [0.4, 0.5) is 4.79 Å². The summed E-state index contributed by atoms with van der Waals surface area (Å²) in [4.78, 5) is 67.6. The first-order valence-electron chi connectivity index (χ1n) is 18.5. The Kier molecular flexibility index (Phi) is 10.4. The molecule has 2 aliphatic heterocycles. The number of alkyl carbamates (subject to hydrolysis) is 1. The number of benzene rings is 1. The maximum absolute atomic E-state index is 14.5. The molecule has 2 aliphatic carbocycles. The summed E-state index contributed by atoms with van der Waals surface area (Å²) >= 11 is 1.47. The summed E-state index contributed by atoms with van der Waals surface area (Å²) in [6, 6.07) is 9.08. The Bertz CT molecular complexity index is 2060. The molecule has 0 bridgehead atoms. The van der Waals surface area contributed by atoms with Crippen molar-refractivity contribution in [3.8, 4) is 16.5 Å². The number of nitrogens with zero attached hydrogens (tertiary/aromatic N) is 3. The first-order valence-corrected chi connectivity index (χ1v) is 21.0. The van der Waals surface area contributed by atoms with Crippen LogP contribution < -0.4 is 20.1 Å². The quantitative estimate of drug-likeness (QED) is 0.286. The van der Waals surface area contributed by atoms with Crippen molar-refractivity contribution in [1.82, 2.24) is 30.2 Å². The van der Waals surface area contributed by atoms with E-state index in [9.17, 15) is 27.6 Å². The van der Waals surface area contributed by atoms with Gasteiger partial charge in [-0.3, -0.25) is 19.1 Å². The smallest absolute Gasteiger partial charge is 0.408 e. The van der Waals surface area contributed by atoms with Crippen molar-refractivity contribution in [3.05, 3.63) is 53.9 Å². The van der Waals surface area contributed by atoms with Crippen LogP contribution in [0, 0.1) is 5.92 Å². The lowest BCUT2D eigenvalue weighted by Crippen LogP contribution is -2.58. The normalized spacial score (nSPS) is 26.5. The first-order chi connectivity index (χ1) is 25.7. The first kappa shape index (κ1) is 37.7. The van der Waals surface area contributed by atoms with Crippen molar-refractivity contribution in [2.45, 2.75) is 113 Å². The molecule has 0 spiro atoms. The van der Waals surface area contributed by atoms with E-state index in [0.29, 0.717) is 48.8 Å². The zero-order valence-corrected chi connectivity index (χ0v) is 32.2. The third kappa shape index (κ3) is 8.38. The van der Waals surface area contributed by atoms with Crippen molar-refractivity contribution in [3.63, 3.8) is 0 Å². The second-order valence-corrected chi connectivity index (χ2v) is 18.4. The number of aromatic nitrogens is 2. The summed E-state index contributed by atoms with van der Waals surface area (Å²) in [6.45, 7) is 5.16. The number of para-hydroxylation sites is 2. The van der Waals surface area contributed by atoms with E-state index < -0.39 is 74.3 Å². The van der Waals surface area contributed by atoms with E-state index in [1.165, 1.54) is 16.2 Å². The number of rotatable bonds is 7. The minimum Gasteiger partial charge on any atom is -0.471 e. The number of thiophene rings is 1. The number of sulfonamides is 1. The molecule has 3 fully saturated rings. The van der Waals surface area contributed by atoms with Gasteiger partial charge in [0.2, 0.25) is 27.7 Å². The SMILES string of the molecule is CC(C)(C)OC(=O)N[C@H]1CCCCCC=C[C@@H]2C[C@@]2(C(=O)NS(=O)(=O)C2CC2)NC(=O)[C@@H]2C[C@@H](Oc3nc4ccccc4nc3-c3cccs3)CN2C1=O. The molecule has 4 amide bonds. The molecule has 2 aromatic heterocycles. The summed E-state index contributed by atoms with van der Waals surface area (Å²) in [6.07, 6.45) is 6.70. The molecular formula is C38H46N6O8S2. The van der Waals surface area contributed by atoms with E-state index in [1.807, 2.05) is 53.9 Å². The summed E-state index contributed by atoms with van der Waals surface area (Å²) in [5.74, 6) is -2.10. The third-order valence-electron chi connectivity index (χ3n) is 10.1. The molecule has 3 N–H and O–H groups in total. The number of carbonyl (C=O) groups excluding carboxylic acids is 4. The maximum atomic E-state index is 14.5. The number of amides is 4. The zero-order chi connectivity index (χ0) is 38.3. The molecule has 3 aromatic rings. The fraction of sp³-hybridized carbons (Fsp3) is 0.526. The standard InChI is InChI=1S/C38H46N6O8S2/c1-37(2,3)52-36(48)41-28-15-8-6-4-5-7-12-23-21-38(23,35(47)43-54(49,50)25-17-18-25)42-32(45)29-20-24(22-44(29)34(28)46)51-33-31(30-16-11-19-53-30)39-26-13-9-10-14-27(26)40-33/h7,9-14,16,19,23-25,28-29H,4-6,8,15,17-18,20-22H2,1-3H3,(H,41,48)(H,42,45)(H,43,47)/t23-,24-,28+,29+,38-/m1/s1. The second-order valence-electron chi connectivity index (χ2n) is 15.5. The highest BCUT2D eigenvalue weighted by Crippen LogP contribution is 2.46. The van der Waals surface area contributed by atoms with Gasteiger partial charge in [0.1, 0.15) is 35.0 Å². The monoisotopic (exact) mass is 778 g/mol. The Balaban J connectivity index is 1.21. The largest absolute Gasteiger partial charge is 0.471 e. The average Bonchev–Trinajstić information content (AvgIpc) is 3.97. The van der Waals surface area contributed by atoms with Crippen molar-refractivity contribution in [2.75, 3.05) is 6.54 Å². The number of hydrogen-bond acceptors (Lipinski definition) is 11. The molecule has 54 heavy (non-hydrogen) atoms. The Morgan fingerprint density at radius 1 is 1.02 bits per heavy atom. The molecule has 5 atom stereocenters. The molecule has 14 nitrogen and oxygen atoms in total. The molecular weight excluding hydrogens is 733 g/mol. The van der Waals surface area contributed by atoms with Crippen LogP contribution in [0.25, 0.3) is 21.6 Å². The van der Waals surface area contributed by atoms with Crippen molar-refractivity contribution in [2.24, 2.45) is 5.92 Å². The number of allylic oxidation sites excluding steroid dienone is 1. The summed E-state index contributed by atoms with van der Waals surface area (Å²) in [5.41, 5.74) is -0.504. The van der Waals surface area contributed by atoms with Gasteiger partial charge < -0.3 is 25.0 Å². The van der Waals surface area contributed by atoms with Crippen LogP contribution in [0.5, 0.6) is 5.88 Å². The fourth-order valence-corrected chi connectivity index (χ4v) is 9.16. The fourth-order valence-electron chi connectivity index (χ4n) is 7.09. The Morgan fingerprint density at radius 2 is 1.78 bits per heavy atom. The van der Waals surface area contributed by atoms with E-state index >= 15 is 0 Å². The molecule has 2 saturated carbocycles. The van der Waals surface area contributed by atoms with Gasteiger partial charge >= 0.3 is 6.09 Å². The van der Waals surface area contributed by atoms with Gasteiger partial charge in [-0.05, 0) is 82.9 Å². The van der Waals surface area contributed by atoms with E-state index in [0.717, 1.165) is 17.7 Å². The molecule has 7 rings (SSSR count). The zero-order valence-electron chi connectivity index (χ0n) is 30.6. The van der Waals surface area contributed by atoms with Crippen LogP contribution in [-0.2, 0) is 29.1 Å². The van der Waals surface area contributed by atoms with Gasteiger partial charge in [0.25, 0.3) is 5.91 Å². The van der Waals surface area contributed by atoms with Gasteiger partial charge in [0.15, 0.2) is 0 Å². The van der Waals surface area contributed by atoms with E-state index in [-0.39, 0.29) is 25.3 Å². The molecule has 4 aliphatic rings. The lowest BCUT2D eigenvalue weighted by Gasteiger charge is -2.30. The average molecular weight is 779 g/mol. The third-order valence-corrected chi connectivity index (χ3v) is 12.8. The van der Waals surface area contributed by atoms with Gasteiger partial charge in [-0.2, -0.15) is 0 Å². The summed E-state index contributed by atoms with van der Waals surface area (Å²) in [5, 5.41) is 6.93. The van der Waals surface area contributed by atoms with Crippen LogP contribution in [0.1, 0.15) is 78.6 Å². The summed E-state index contributed by atoms with van der Waals surface area (Å²) < 4.78 is 40.0. The van der Waals surface area contributed by atoms with Gasteiger partial charge in [-0.25, -0.2) is 23.2 Å². The van der Waals surface area contributed by atoms with E-state index in [1.54, 1.807) is 20.8 Å². The van der Waals surface area contributed by atoms with Crippen LogP contribution in [0.15, 0.2) is 53.9 Å². The van der Waals surface area contributed by atoms with E-state index in [4.69, 9.17) is 19.4 Å². The number of hydrogen-bond donors (Lipinski definition) is 3. The lowest BCUT2D eigenvalue weighted by atomic mass is 10.0. The minimum atomic E-state index is -3.89. The molecule has 1 saturated heterocycles. The maximum Gasteiger partial charge on any atom is 0.408 e. The molecule has 288 valence electrons. The van der Waals surface area contributed by atoms with Crippen LogP contribution in [-0.4, -0.2) is 88.2 Å². The van der Waals surface area contributed by atoms with Crippen molar-refractivity contribution >= 4 is 56.2 Å². The van der Waals surface area contributed by atoms with Gasteiger partial charge in [0, 0.05) is 12.3 Å². The van der Waals surface area contributed by atoms with Crippen molar-refractivity contribution < 1.29 is 37.1 Å². The lowest BCUT2D eigenvalue weighted by molar-refractivity contribution is -0.141. The van der Waals surface area contributed by atoms with Crippen LogP contribution in [0.3, 0.4) is 0 Å².